The summed E-state index contributed by atoms with van der Waals surface area (Å²) in [5.41, 5.74) is 0.340. The van der Waals surface area contributed by atoms with Gasteiger partial charge in [0, 0.05) is 12.2 Å². The highest BCUT2D eigenvalue weighted by Crippen LogP contribution is 2.15. The van der Waals surface area contributed by atoms with Crippen LogP contribution in [0.15, 0.2) is 11.4 Å². The number of Topliss-reactive ketones (excluding diaryl/α,β-unsaturated/α-hetero) is 1. The van der Waals surface area contributed by atoms with Gasteiger partial charge in [-0.25, -0.2) is 9.78 Å². The second-order valence-corrected chi connectivity index (χ2v) is 4.21. The van der Waals surface area contributed by atoms with Gasteiger partial charge < -0.3 is 9.72 Å². The van der Waals surface area contributed by atoms with Gasteiger partial charge in [0.2, 0.25) is 0 Å². The number of H-pyrrole nitrogens is 1. The van der Waals surface area contributed by atoms with Gasteiger partial charge in [0.1, 0.15) is 11.5 Å². The molecule has 1 heterocycles. The molecule has 0 saturated carbocycles. The lowest BCUT2D eigenvalue weighted by Crippen LogP contribution is -2.04. The highest BCUT2D eigenvalue weighted by molar-refractivity contribution is 7.99. The first-order valence-corrected chi connectivity index (χ1v) is 5.96. The number of ether oxygens (including phenoxy) is 1. The molecule has 0 aliphatic rings. The summed E-state index contributed by atoms with van der Waals surface area (Å²) in [5.74, 6) is 0.392. The van der Waals surface area contributed by atoms with Crippen molar-refractivity contribution in [3.05, 3.63) is 11.9 Å². The third-order valence-corrected chi connectivity index (χ3v) is 2.63. The van der Waals surface area contributed by atoms with Crippen molar-refractivity contribution in [2.75, 3.05) is 12.4 Å². The van der Waals surface area contributed by atoms with Crippen molar-refractivity contribution in [2.45, 2.75) is 25.4 Å². The number of hydrogen-bond acceptors (Lipinski definition) is 5. The van der Waals surface area contributed by atoms with E-state index in [1.807, 2.05) is 0 Å². The van der Waals surface area contributed by atoms with Crippen molar-refractivity contribution in [3.63, 3.8) is 0 Å². The summed E-state index contributed by atoms with van der Waals surface area (Å²) in [4.78, 5) is 28.8. The number of hydrogen-bond donors (Lipinski definition) is 1. The molecule has 16 heavy (non-hydrogen) atoms. The lowest BCUT2D eigenvalue weighted by Gasteiger charge is -1.97. The van der Waals surface area contributed by atoms with Crippen molar-refractivity contribution in [1.82, 2.24) is 9.97 Å². The summed E-state index contributed by atoms with van der Waals surface area (Å²) in [6.07, 6.45) is 1.94. The Morgan fingerprint density at radius 3 is 2.94 bits per heavy atom. The van der Waals surface area contributed by atoms with Gasteiger partial charge in [-0.15, -0.1) is 0 Å². The molecule has 0 radical (unpaired) electrons. The van der Waals surface area contributed by atoms with Crippen LogP contribution in [0.1, 0.15) is 30.8 Å². The van der Waals surface area contributed by atoms with E-state index in [0.717, 1.165) is 0 Å². The van der Waals surface area contributed by atoms with E-state index in [-0.39, 0.29) is 5.78 Å². The zero-order chi connectivity index (χ0) is 12.0. The summed E-state index contributed by atoms with van der Waals surface area (Å²) in [7, 11) is 0. The fourth-order valence-electron chi connectivity index (χ4n) is 0.980. The van der Waals surface area contributed by atoms with Crippen LogP contribution in [0.2, 0.25) is 0 Å². The fraction of sp³-hybridized carbons (Fsp3) is 0.500. The van der Waals surface area contributed by atoms with Crippen molar-refractivity contribution in [1.29, 1.82) is 0 Å². The number of nitrogens with one attached hydrogen (secondary N) is 1. The van der Waals surface area contributed by atoms with Gasteiger partial charge in [0.25, 0.3) is 0 Å². The summed E-state index contributed by atoms with van der Waals surface area (Å²) < 4.78 is 4.81. The van der Waals surface area contributed by atoms with Crippen LogP contribution in [0.5, 0.6) is 0 Å². The summed E-state index contributed by atoms with van der Waals surface area (Å²) in [6, 6.07) is 0. The maximum atomic E-state index is 11.3. The predicted molar refractivity (Wildman–Crippen MR) is 60.6 cm³/mol. The van der Waals surface area contributed by atoms with E-state index in [1.54, 1.807) is 13.8 Å². The normalized spacial score (nSPS) is 10.1. The first kappa shape index (κ1) is 12.8. The molecule has 1 aromatic rings. The molecular formula is C10H14N2O3S. The van der Waals surface area contributed by atoms with Gasteiger partial charge in [-0.05, 0) is 13.8 Å². The van der Waals surface area contributed by atoms with E-state index < -0.39 is 5.97 Å². The number of carbonyl (C=O) groups excluding carboxylic acids is 2. The highest BCUT2D eigenvalue weighted by atomic mass is 32.2. The van der Waals surface area contributed by atoms with E-state index in [2.05, 4.69) is 9.97 Å². The summed E-state index contributed by atoms with van der Waals surface area (Å²) >= 11 is 1.41. The van der Waals surface area contributed by atoms with E-state index >= 15 is 0 Å². The molecule has 6 heteroatoms. The Balaban J connectivity index is 2.45. The standard InChI is InChI=1S/C10H14N2O3S/c1-3-15-9(14)8-6-11-10(12-8)16-5-4-7(2)13/h6H,3-5H2,1-2H3,(H,11,12). The molecule has 0 spiro atoms. The maximum Gasteiger partial charge on any atom is 0.356 e. The molecule has 0 aliphatic heterocycles. The molecule has 0 bridgehead atoms. The highest BCUT2D eigenvalue weighted by Gasteiger charge is 2.10. The van der Waals surface area contributed by atoms with Gasteiger partial charge in [0.05, 0.1) is 12.8 Å². The predicted octanol–water partition coefficient (Wildman–Crippen LogP) is 1.66. The second-order valence-electron chi connectivity index (χ2n) is 3.12. The largest absolute Gasteiger partial charge is 0.461 e. The minimum Gasteiger partial charge on any atom is -0.461 e. The fourth-order valence-corrected chi connectivity index (χ4v) is 1.87. The number of rotatable bonds is 6. The Bertz CT molecular complexity index is 376. The third-order valence-electron chi connectivity index (χ3n) is 1.74. The average molecular weight is 242 g/mol. The molecule has 1 aromatic heterocycles. The summed E-state index contributed by atoms with van der Waals surface area (Å²) in [5, 5.41) is 0.629. The number of imidazole rings is 1. The number of ketones is 1. The van der Waals surface area contributed by atoms with Crippen LogP contribution in [-0.2, 0) is 9.53 Å². The van der Waals surface area contributed by atoms with Crippen molar-refractivity contribution >= 4 is 23.5 Å². The van der Waals surface area contributed by atoms with Crippen LogP contribution in [0, 0.1) is 0 Å². The van der Waals surface area contributed by atoms with Gasteiger partial charge in [-0.1, -0.05) is 11.8 Å². The first-order chi connectivity index (χ1) is 7.63. The summed E-state index contributed by atoms with van der Waals surface area (Å²) in [6.45, 7) is 3.63. The second kappa shape index (κ2) is 6.32. The minimum atomic E-state index is -0.409. The monoisotopic (exact) mass is 242 g/mol. The van der Waals surface area contributed by atoms with Gasteiger partial charge in [0.15, 0.2) is 5.16 Å². The van der Waals surface area contributed by atoms with Crippen LogP contribution >= 0.6 is 11.8 Å². The Kier molecular flexibility index (Phi) is 5.04. The van der Waals surface area contributed by atoms with E-state index in [9.17, 15) is 9.59 Å². The Hall–Kier alpha value is -1.30. The average Bonchev–Trinajstić information content (AvgIpc) is 2.66. The Labute approximate surface area is 98.0 Å². The maximum absolute atomic E-state index is 11.3. The first-order valence-electron chi connectivity index (χ1n) is 4.97. The van der Waals surface area contributed by atoms with Crippen LogP contribution in [0.25, 0.3) is 0 Å². The number of aromatic amines is 1. The molecule has 1 N–H and O–H groups in total. The molecule has 0 fully saturated rings. The smallest absolute Gasteiger partial charge is 0.356 e. The third kappa shape index (κ3) is 4.06. The molecule has 0 saturated heterocycles. The number of esters is 1. The number of carbonyl (C=O) groups is 2. The van der Waals surface area contributed by atoms with Crippen LogP contribution in [-0.4, -0.2) is 34.1 Å². The van der Waals surface area contributed by atoms with Gasteiger partial charge in [-0.3, -0.25) is 4.79 Å². The molecule has 88 valence electrons. The van der Waals surface area contributed by atoms with Crippen molar-refractivity contribution < 1.29 is 14.3 Å². The molecule has 0 atom stereocenters. The SMILES string of the molecule is CCOC(=O)c1cnc(SCCC(C)=O)[nH]1. The van der Waals surface area contributed by atoms with Crippen LogP contribution in [0.4, 0.5) is 0 Å². The number of aromatic nitrogens is 2. The minimum absolute atomic E-state index is 0.143. The lowest BCUT2D eigenvalue weighted by molar-refractivity contribution is -0.116. The molecular weight excluding hydrogens is 228 g/mol. The van der Waals surface area contributed by atoms with Crippen molar-refractivity contribution in [3.8, 4) is 0 Å². The zero-order valence-electron chi connectivity index (χ0n) is 9.28. The topological polar surface area (TPSA) is 72.0 Å². The molecule has 0 unspecified atom stereocenters. The molecule has 1 rings (SSSR count). The zero-order valence-corrected chi connectivity index (χ0v) is 10.1. The van der Waals surface area contributed by atoms with E-state index in [1.165, 1.54) is 18.0 Å². The Morgan fingerprint density at radius 2 is 2.31 bits per heavy atom. The quantitative estimate of drug-likeness (QED) is 0.606. The molecule has 0 aliphatic carbocycles. The number of thioether (sulfide) groups is 1. The lowest BCUT2D eigenvalue weighted by atomic mass is 10.4. The van der Waals surface area contributed by atoms with E-state index in [4.69, 9.17) is 4.74 Å². The van der Waals surface area contributed by atoms with Crippen LogP contribution in [0.3, 0.4) is 0 Å². The number of nitrogens with zero attached hydrogens (tertiary/aromatic N) is 1. The van der Waals surface area contributed by atoms with Gasteiger partial charge in [-0.2, -0.15) is 0 Å². The van der Waals surface area contributed by atoms with Crippen LogP contribution < -0.4 is 0 Å². The van der Waals surface area contributed by atoms with Crippen molar-refractivity contribution in [2.24, 2.45) is 0 Å². The Morgan fingerprint density at radius 1 is 1.56 bits per heavy atom. The molecule has 5 nitrogen and oxygen atoms in total. The molecule has 0 aromatic carbocycles. The molecule has 0 amide bonds. The van der Waals surface area contributed by atoms with Gasteiger partial charge >= 0.3 is 5.97 Å². The van der Waals surface area contributed by atoms with E-state index in [0.29, 0.717) is 29.6 Å².